The average molecular weight is 268 g/mol. The molecule has 1 aromatic carbocycles. The number of aromatic carboxylic acids is 1. The predicted octanol–water partition coefficient (Wildman–Crippen LogP) is 2.56. The lowest BCUT2D eigenvalue weighted by molar-refractivity contribution is -0.384. The molecule has 0 saturated carbocycles. The molecule has 1 heterocycles. The highest BCUT2D eigenvalue weighted by Gasteiger charge is 2.20. The molecule has 2 rings (SSSR count). The van der Waals surface area contributed by atoms with Crippen molar-refractivity contribution in [2.24, 2.45) is 0 Å². The van der Waals surface area contributed by atoms with E-state index in [0.29, 0.717) is 0 Å². The van der Waals surface area contributed by atoms with Gasteiger partial charge in [-0.3, -0.25) is 10.1 Å². The maximum atomic E-state index is 13.1. The molecule has 0 amide bonds. The Hall–Kier alpha value is -2.35. The van der Waals surface area contributed by atoms with Crippen LogP contribution in [-0.2, 0) is 0 Å². The number of thiazole rings is 1. The normalized spacial score (nSPS) is 10.3. The van der Waals surface area contributed by atoms with Crippen molar-refractivity contribution < 1.29 is 19.2 Å². The van der Waals surface area contributed by atoms with Crippen LogP contribution in [0, 0.1) is 15.9 Å². The van der Waals surface area contributed by atoms with Crippen LogP contribution < -0.4 is 0 Å². The lowest BCUT2D eigenvalue weighted by Crippen LogP contribution is -1.92. The quantitative estimate of drug-likeness (QED) is 0.682. The van der Waals surface area contributed by atoms with E-state index in [0.717, 1.165) is 35.7 Å². The summed E-state index contributed by atoms with van der Waals surface area (Å²) in [4.78, 5) is 24.5. The molecular weight excluding hydrogens is 263 g/mol. The molecule has 0 aliphatic rings. The van der Waals surface area contributed by atoms with Gasteiger partial charge in [-0.05, 0) is 12.1 Å². The molecule has 6 nitrogen and oxygen atoms in total. The zero-order chi connectivity index (χ0) is 13.3. The Bertz CT molecular complexity index is 641. The fourth-order valence-electron chi connectivity index (χ4n) is 1.34. The van der Waals surface area contributed by atoms with Gasteiger partial charge in [-0.1, -0.05) is 0 Å². The van der Waals surface area contributed by atoms with Crippen molar-refractivity contribution in [1.82, 2.24) is 4.98 Å². The lowest BCUT2D eigenvalue weighted by atomic mass is 10.2. The SMILES string of the molecule is O=C(O)c1cnc(-c2cc(F)ccc2[N+](=O)[O-])s1. The van der Waals surface area contributed by atoms with Crippen LogP contribution in [0.15, 0.2) is 24.4 Å². The average Bonchev–Trinajstić information content (AvgIpc) is 2.77. The first-order chi connectivity index (χ1) is 8.49. The predicted molar refractivity (Wildman–Crippen MR) is 61.1 cm³/mol. The Morgan fingerprint density at radius 2 is 2.22 bits per heavy atom. The van der Waals surface area contributed by atoms with Crippen molar-refractivity contribution in [3.8, 4) is 10.6 Å². The van der Waals surface area contributed by atoms with Crippen LogP contribution in [0.2, 0.25) is 0 Å². The van der Waals surface area contributed by atoms with Crippen LogP contribution in [0.3, 0.4) is 0 Å². The molecular formula is C10H5FN2O4S. The summed E-state index contributed by atoms with van der Waals surface area (Å²) in [5, 5.41) is 19.6. The standard InChI is InChI=1S/C10H5FN2O4S/c11-5-1-2-7(13(16)17)6(3-5)9-12-4-8(18-9)10(14)15/h1-4H,(H,14,15). The van der Waals surface area contributed by atoms with Crippen molar-refractivity contribution in [3.63, 3.8) is 0 Å². The van der Waals surface area contributed by atoms with Crippen LogP contribution in [0.4, 0.5) is 10.1 Å². The van der Waals surface area contributed by atoms with Gasteiger partial charge in [0.2, 0.25) is 0 Å². The largest absolute Gasteiger partial charge is 0.477 e. The van der Waals surface area contributed by atoms with E-state index in [4.69, 9.17) is 5.11 Å². The molecule has 0 aliphatic carbocycles. The van der Waals surface area contributed by atoms with Crippen molar-refractivity contribution in [3.05, 3.63) is 45.2 Å². The van der Waals surface area contributed by atoms with Crippen molar-refractivity contribution in [2.45, 2.75) is 0 Å². The number of aromatic nitrogens is 1. The number of carbonyl (C=O) groups is 1. The van der Waals surface area contributed by atoms with Gasteiger partial charge in [-0.25, -0.2) is 14.2 Å². The molecule has 0 saturated heterocycles. The van der Waals surface area contributed by atoms with E-state index in [1.165, 1.54) is 0 Å². The highest BCUT2D eigenvalue weighted by molar-refractivity contribution is 7.16. The summed E-state index contributed by atoms with van der Waals surface area (Å²) < 4.78 is 13.1. The third-order valence-electron chi connectivity index (χ3n) is 2.10. The minimum absolute atomic E-state index is 0.0301. The van der Waals surface area contributed by atoms with Crippen LogP contribution in [-0.4, -0.2) is 21.0 Å². The molecule has 1 N–H and O–H groups in total. The summed E-state index contributed by atoms with van der Waals surface area (Å²) in [5.74, 6) is -1.83. The number of halogens is 1. The molecule has 0 aliphatic heterocycles. The van der Waals surface area contributed by atoms with Gasteiger partial charge in [-0.15, -0.1) is 11.3 Å². The molecule has 1 aromatic heterocycles. The molecule has 8 heteroatoms. The van der Waals surface area contributed by atoms with E-state index in [-0.39, 0.29) is 21.1 Å². The second-order valence-electron chi connectivity index (χ2n) is 3.25. The smallest absolute Gasteiger partial charge is 0.347 e. The Labute approximate surface area is 103 Å². The van der Waals surface area contributed by atoms with Gasteiger partial charge in [0.05, 0.1) is 16.7 Å². The topological polar surface area (TPSA) is 93.3 Å². The monoisotopic (exact) mass is 268 g/mol. The Morgan fingerprint density at radius 1 is 1.50 bits per heavy atom. The van der Waals surface area contributed by atoms with E-state index >= 15 is 0 Å². The number of nitrogens with zero attached hydrogens (tertiary/aromatic N) is 2. The number of hydrogen-bond acceptors (Lipinski definition) is 5. The summed E-state index contributed by atoms with van der Waals surface area (Å²) in [6, 6.07) is 2.95. The number of carboxylic acid groups (broad SMARTS) is 1. The lowest BCUT2D eigenvalue weighted by Gasteiger charge is -1.98. The fourth-order valence-corrected chi connectivity index (χ4v) is 2.12. The van der Waals surface area contributed by atoms with Gasteiger partial charge in [0.1, 0.15) is 15.7 Å². The first-order valence-corrected chi connectivity index (χ1v) is 5.44. The van der Waals surface area contributed by atoms with E-state index in [2.05, 4.69) is 4.98 Å². The molecule has 0 bridgehead atoms. The Balaban J connectivity index is 2.57. The van der Waals surface area contributed by atoms with Gasteiger partial charge in [0.15, 0.2) is 0 Å². The maximum absolute atomic E-state index is 13.1. The Kier molecular flexibility index (Phi) is 3.02. The highest BCUT2D eigenvalue weighted by Crippen LogP contribution is 2.33. The van der Waals surface area contributed by atoms with E-state index in [1.54, 1.807) is 0 Å². The number of benzene rings is 1. The second kappa shape index (κ2) is 4.49. The molecule has 0 unspecified atom stereocenters. The first-order valence-electron chi connectivity index (χ1n) is 4.62. The molecule has 0 fully saturated rings. The number of hydrogen-bond donors (Lipinski definition) is 1. The number of carboxylic acids is 1. The minimum Gasteiger partial charge on any atom is -0.477 e. The first kappa shape index (κ1) is 12.1. The van der Waals surface area contributed by atoms with Crippen molar-refractivity contribution >= 4 is 23.0 Å². The number of nitro benzene ring substituents is 1. The molecule has 0 radical (unpaired) electrons. The van der Waals surface area contributed by atoms with Crippen molar-refractivity contribution in [2.75, 3.05) is 0 Å². The number of rotatable bonds is 3. The van der Waals surface area contributed by atoms with E-state index in [1.807, 2.05) is 0 Å². The summed E-state index contributed by atoms with van der Waals surface area (Å²) in [6.45, 7) is 0. The van der Waals surface area contributed by atoms with Crippen molar-refractivity contribution in [1.29, 1.82) is 0 Å². The Morgan fingerprint density at radius 3 is 2.78 bits per heavy atom. The molecule has 0 spiro atoms. The summed E-state index contributed by atoms with van der Waals surface area (Å²) in [6.07, 6.45) is 1.08. The summed E-state index contributed by atoms with van der Waals surface area (Å²) in [7, 11) is 0. The van der Waals surface area contributed by atoms with Crippen LogP contribution in [0.1, 0.15) is 9.67 Å². The van der Waals surface area contributed by atoms with Gasteiger partial charge in [0, 0.05) is 6.07 Å². The third-order valence-corrected chi connectivity index (χ3v) is 3.12. The zero-order valence-electron chi connectivity index (χ0n) is 8.66. The molecule has 92 valence electrons. The zero-order valence-corrected chi connectivity index (χ0v) is 9.48. The molecule has 18 heavy (non-hydrogen) atoms. The van der Waals surface area contributed by atoms with Gasteiger partial charge < -0.3 is 5.11 Å². The molecule has 0 atom stereocenters. The second-order valence-corrected chi connectivity index (χ2v) is 4.28. The van der Waals surface area contributed by atoms with Crippen LogP contribution in [0.25, 0.3) is 10.6 Å². The van der Waals surface area contributed by atoms with Crippen LogP contribution >= 0.6 is 11.3 Å². The maximum Gasteiger partial charge on any atom is 0.347 e. The fraction of sp³-hybridized carbons (Fsp3) is 0. The third kappa shape index (κ3) is 2.18. The molecule has 2 aromatic rings. The van der Waals surface area contributed by atoms with Gasteiger partial charge in [0.25, 0.3) is 5.69 Å². The summed E-state index contributed by atoms with van der Waals surface area (Å²) >= 11 is 0.753. The van der Waals surface area contributed by atoms with Gasteiger partial charge in [-0.2, -0.15) is 0 Å². The van der Waals surface area contributed by atoms with E-state index in [9.17, 15) is 19.3 Å². The highest BCUT2D eigenvalue weighted by atomic mass is 32.1. The van der Waals surface area contributed by atoms with Crippen LogP contribution in [0.5, 0.6) is 0 Å². The van der Waals surface area contributed by atoms with Gasteiger partial charge >= 0.3 is 5.97 Å². The number of nitro groups is 1. The minimum atomic E-state index is -1.18. The van der Waals surface area contributed by atoms with E-state index < -0.39 is 16.7 Å². The summed E-state index contributed by atoms with van der Waals surface area (Å²) in [5.41, 5.74) is -0.347.